The largest absolute Gasteiger partial charge is 0.396 e. The number of carbonyl (C=O) groups is 6. The van der Waals surface area contributed by atoms with Crippen LogP contribution in [-0.4, -0.2) is 100 Å². The number of nitrogens with one attached hydrogen (secondary N) is 5. The van der Waals surface area contributed by atoms with Crippen molar-refractivity contribution in [3.63, 3.8) is 0 Å². The molecule has 6 amide bonds. The van der Waals surface area contributed by atoms with E-state index in [0.717, 1.165) is 0 Å². The number of aliphatic imine (C=N–C) groups is 4. The number of pyridine rings is 1. The van der Waals surface area contributed by atoms with E-state index in [1.807, 2.05) is 10.6 Å². The van der Waals surface area contributed by atoms with Gasteiger partial charge in [0.25, 0.3) is 29.5 Å². The number of benzene rings is 3. The fourth-order valence-electron chi connectivity index (χ4n) is 5.97. The number of aliphatic hydroxyl groups is 1. The van der Waals surface area contributed by atoms with Crippen LogP contribution in [0.4, 0.5) is 11.4 Å². The summed E-state index contributed by atoms with van der Waals surface area (Å²) in [6.07, 6.45) is -8.79. The maximum absolute atomic E-state index is 14.2. The highest BCUT2D eigenvalue weighted by Crippen LogP contribution is 2.35. The van der Waals surface area contributed by atoms with Crippen molar-refractivity contribution in [2.45, 2.75) is 43.5 Å². The highest BCUT2D eigenvalue weighted by molar-refractivity contribution is 6.36. The molecule has 0 saturated carbocycles. The first-order chi connectivity index (χ1) is 32.1. The fraction of sp³-hybridized carbons (Fsp3) is 0.184. The van der Waals surface area contributed by atoms with Crippen molar-refractivity contribution < 1.29 is 33.9 Å². The van der Waals surface area contributed by atoms with Crippen molar-refractivity contribution in [3.05, 3.63) is 100 Å². The zero-order chi connectivity index (χ0) is 50.4. The minimum atomic E-state index is -2.16. The molecule has 4 rings (SSSR count). The summed E-state index contributed by atoms with van der Waals surface area (Å²) in [4.78, 5) is 101. The maximum Gasteiger partial charge on any atom is 0.270 e. The third kappa shape index (κ3) is 14.1. The number of nitrogens with two attached hydrogens (primary N) is 10. The molecule has 0 aliphatic carbocycles. The number of amides is 6. The van der Waals surface area contributed by atoms with Gasteiger partial charge in [0.05, 0.1) is 16.9 Å². The van der Waals surface area contributed by atoms with Crippen LogP contribution in [0.5, 0.6) is 0 Å². The van der Waals surface area contributed by atoms with Gasteiger partial charge >= 0.3 is 0 Å². The number of guanidine groups is 4. The summed E-state index contributed by atoms with van der Waals surface area (Å²) in [5.41, 5.74) is 56.7. The molecule has 360 valence electrons. The summed E-state index contributed by atoms with van der Waals surface area (Å²) in [7, 11) is 0. The Morgan fingerprint density at radius 3 is 1.53 bits per heavy atom. The third-order valence-corrected chi connectivity index (χ3v) is 9.67. The summed E-state index contributed by atoms with van der Waals surface area (Å²) in [6.45, 7) is -0.286. The van der Waals surface area contributed by atoms with Gasteiger partial charge in [-0.05, 0) is 42.0 Å². The van der Waals surface area contributed by atoms with Crippen molar-refractivity contribution in [2.24, 2.45) is 71.6 Å². The molecule has 6 unspecified atom stereocenters. The van der Waals surface area contributed by atoms with Gasteiger partial charge in [-0.15, -0.1) is 0 Å². The molecule has 28 nitrogen and oxygen atoms in total. The zero-order valence-corrected chi connectivity index (χ0v) is 36.8. The van der Waals surface area contributed by atoms with E-state index >= 15 is 0 Å². The Hall–Kier alpha value is -8.89. The van der Waals surface area contributed by atoms with Gasteiger partial charge in [-0.25, -0.2) is 20.0 Å². The number of primary amides is 1. The molecule has 30 heteroatoms. The lowest BCUT2D eigenvalue weighted by atomic mass is 10.1. The molecule has 0 aliphatic rings. The number of hydrogen-bond acceptors (Lipinski definition) is 14. The second-order valence-corrected chi connectivity index (χ2v) is 14.7. The standard InChI is InChI=1S/C38H47Cl2N21O7/c39-18-9-4-10-19(40)17(18)14-61(21-12-11-20-16(22(21)41)8-5-13-51-20)34(68)33(67)52-23(15-6-2-1-3-7-15)29(63)54-26(58-36(45)46)31(65)56-28(60-38(49)50)32(66)55-27(59-37(47)48)30(64)53-25(24(42)62)57-35(43)44/h1-13,23,25-28,34,68H,14,41H2,(H2,42,62)(H,52,67)(H,53,64)(H,54,63)(H,55,66)(H,56,65)(H4,43,44,57)(H4,45,46,58)(H4,47,48,59)(H4,49,50,60). The SMILES string of the molecule is NC(=O)C(N=C(N)N)NC(=O)C(N=C(N)N)NC(=O)C(N=C(N)N)NC(=O)C(N=C(N)N)NC(=O)C(NC(=O)C(O)N(Cc1c(Cl)cccc1Cl)c1ccc2ncccc2c1N)c1ccccc1. The lowest BCUT2D eigenvalue weighted by Gasteiger charge is -2.32. The van der Waals surface area contributed by atoms with Gasteiger partial charge in [0.2, 0.25) is 36.8 Å². The number of halogens is 2. The predicted octanol–water partition coefficient (Wildman–Crippen LogP) is -5.35. The monoisotopic (exact) mass is 979 g/mol. The number of nitrogens with zero attached hydrogens (tertiary/aromatic N) is 6. The van der Waals surface area contributed by atoms with Gasteiger partial charge in [0, 0.05) is 33.7 Å². The Kier molecular flexibility index (Phi) is 17.8. The van der Waals surface area contributed by atoms with E-state index in [-0.39, 0.29) is 33.5 Å². The molecule has 3 aromatic carbocycles. The van der Waals surface area contributed by atoms with Crippen molar-refractivity contribution >= 4 is 105 Å². The molecular formula is C38H47Cl2N21O7. The van der Waals surface area contributed by atoms with Gasteiger partial charge in [-0.2, -0.15) is 0 Å². The van der Waals surface area contributed by atoms with Crippen molar-refractivity contribution in [3.8, 4) is 0 Å². The average Bonchev–Trinajstić information content (AvgIpc) is 3.27. The summed E-state index contributed by atoms with van der Waals surface area (Å²) < 4.78 is 0. The van der Waals surface area contributed by atoms with E-state index in [1.54, 1.807) is 48.7 Å². The van der Waals surface area contributed by atoms with Gasteiger partial charge < -0.3 is 93.9 Å². The average molecular weight is 981 g/mol. The molecule has 4 aromatic rings. The number of anilines is 2. The van der Waals surface area contributed by atoms with Crippen LogP contribution >= 0.6 is 23.2 Å². The highest BCUT2D eigenvalue weighted by Gasteiger charge is 2.35. The number of carbonyl (C=O) groups excluding carboxylic acids is 6. The van der Waals surface area contributed by atoms with E-state index in [1.165, 1.54) is 35.2 Å². The number of fused-ring (bicyclic) bond motifs is 1. The van der Waals surface area contributed by atoms with Crippen LogP contribution in [0.25, 0.3) is 10.9 Å². The second kappa shape index (κ2) is 23.3. The Labute approximate surface area is 395 Å². The maximum atomic E-state index is 14.2. The Balaban J connectivity index is 1.66. The minimum Gasteiger partial charge on any atom is -0.396 e. The van der Waals surface area contributed by atoms with Gasteiger partial charge in [-0.1, -0.05) is 59.6 Å². The first-order valence-corrected chi connectivity index (χ1v) is 20.0. The molecule has 0 aliphatic heterocycles. The minimum absolute atomic E-state index is 0.117. The first-order valence-electron chi connectivity index (χ1n) is 19.3. The van der Waals surface area contributed by atoms with Gasteiger partial charge in [0.15, 0.2) is 23.8 Å². The van der Waals surface area contributed by atoms with Gasteiger partial charge in [-0.3, -0.25) is 33.8 Å². The highest BCUT2D eigenvalue weighted by atomic mass is 35.5. The number of aliphatic hydroxyl groups excluding tert-OH is 1. The Morgan fingerprint density at radius 1 is 0.574 bits per heavy atom. The molecule has 68 heavy (non-hydrogen) atoms. The lowest BCUT2D eigenvalue weighted by Crippen LogP contribution is -2.58. The van der Waals surface area contributed by atoms with Crippen LogP contribution < -0.4 is 88.8 Å². The van der Waals surface area contributed by atoms with Crippen LogP contribution in [0.1, 0.15) is 17.2 Å². The molecule has 6 atom stereocenters. The van der Waals surface area contributed by atoms with Crippen molar-refractivity contribution in [1.29, 1.82) is 0 Å². The predicted molar refractivity (Wildman–Crippen MR) is 252 cm³/mol. The van der Waals surface area contributed by atoms with E-state index in [2.05, 4.69) is 40.9 Å². The Morgan fingerprint density at radius 2 is 1.04 bits per heavy atom. The zero-order valence-electron chi connectivity index (χ0n) is 35.3. The van der Waals surface area contributed by atoms with Crippen LogP contribution in [0.2, 0.25) is 10.0 Å². The molecule has 0 fully saturated rings. The summed E-state index contributed by atoms with van der Waals surface area (Å²) >= 11 is 13.0. The molecule has 0 spiro atoms. The van der Waals surface area contributed by atoms with Gasteiger partial charge in [0.1, 0.15) is 6.04 Å². The molecule has 1 heterocycles. The molecule has 0 bridgehead atoms. The number of hydrogen-bond donors (Lipinski definition) is 16. The smallest absolute Gasteiger partial charge is 0.270 e. The molecule has 26 N–H and O–H groups in total. The number of rotatable bonds is 20. The van der Waals surface area contributed by atoms with Crippen molar-refractivity contribution in [2.75, 3.05) is 10.6 Å². The van der Waals surface area contributed by atoms with Crippen LogP contribution in [0.3, 0.4) is 0 Å². The third-order valence-electron chi connectivity index (χ3n) is 8.96. The Bertz CT molecular complexity index is 2630. The quantitative estimate of drug-likeness (QED) is 0.0170. The van der Waals surface area contributed by atoms with E-state index in [0.29, 0.717) is 16.5 Å². The molecule has 0 saturated heterocycles. The lowest BCUT2D eigenvalue weighted by molar-refractivity contribution is -0.136. The fourth-order valence-corrected chi connectivity index (χ4v) is 6.48. The number of nitrogen functional groups attached to an aromatic ring is 1. The normalized spacial score (nSPS) is 13.3. The summed E-state index contributed by atoms with van der Waals surface area (Å²) in [5.74, 6) is -10.6. The number of aromatic nitrogens is 1. The second-order valence-electron chi connectivity index (χ2n) is 13.9. The first kappa shape index (κ1) is 51.7. The van der Waals surface area contributed by atoms with Crippen LogP contribution in [0.15, 0.2) is 99.0 Å². The summed E-state index contributed by atoms with van der Waals surface area (Å²) in [6, 6.07) is 17.0. The van der Waals surface area contributed by atoms with Crippen LogP contribution in [-0.2, 0) is 35.3 Å². The molecular weight excluding hydrogens is 933 g/mol. The van der Waals surface area contributed by atoms with E-state index < -0.39 is 96.2 Å². The topological polar surface area (TPSA) is 509 Å². The van der Waals surface area contributed by atoms with E-state index in [9.17, 15) is 33.9 Å². The van der Waals surface area contributed by atoms with Crippen LogP contribution in [0, 0.1) is 0 Å². The molecule has 1 aromatic heterocycles. The molecule has 0 radical (unpaired) electrons. The van der Waals surface area contributed by atoms with Crippen molar-refractivity contribution in [1.82, 2.24) is 31.6 Å². The summed E-state index contributed by atoms with van der Waals surface area (Å²) in [5, 5.41) is 23.6. The van der Waals surface area contributed by atoms with E-state index in [4.69, 9.17) is 80.5 Å².